The molecule has 0 spiro atoms. The molecule has 3 aromatic rings. The summed E-state index contributed by atoms with van der Waals surface area (Å²) >= 11 is 1.59. The molecule has 2 heterocycles. The van der Waals surface area contributed by atoms with Gasteiger partial charge in [-0.25, -0.2) is 9.78 Å². The van der Waals surface area contributed by atoms with E-state index in [0.717, 1.165) is 16.1 Å². The lowest BCUT2D eigenvalue weighted by Crippen LogP contribution is -2.08. The second kappa shape index (κ2) is 5.86. The molecule has 5 nitrogen and oxygen atoms in total. The van der Waals surface area contributed by atoms with Crippen LogP contribution in [0.5, 0.6) is 0 Å². The molecule has 23 heavy (non-hydrogen) atoms. The maximum atomic E-state index is 11.0. The van der Waals surface area contributed by atoms with Crippen LogP contribution in [0.3, 0.4) is 0 Å². The summed E-state index contributed by atoms with van der Waals surface area (Å²) in [5, 5.41) is 6.64. The van der Waals surface area contributed by atoms with Crippen molar-refractivity contribution in [2.24, 2.45) is 0 Å². The molecule has 2 aromatic heterocycles. The van der Waals surface area contributed by atoms with Crippen LogP contribution in [0.2, 0.25) is 0 Å². The van der Waals surface area contributed by atoms with Crippen LogP contribution in [-0.4, -0.2) is 15.1 Å². The van der Waals surface area contributed by atoms with Crippen molar-refractivity contribution in [3.05, 3.63) is 56.5 Å². The highest BCUT2D eigenvalue weighted by atomic mass is 32.1. The van der Waals surface area contributed by atoms with Crippen molar-refractivity contribution < 1.29 is 4.52 Å². The number of rotatable bonds is 2. The lowest BCUT2D eigenvalue weighted by Gasteiger charge is -2.22. The molecular formula is C17H13N3O2S. The van der Waals surface area contributed by atoms with Gasteiger partial charge in [-0.2, -0.15) is 0 Å². The summed E-state index contributed by atoms with van der Waals surface area (Å²) in [7, 11) is 0. The predicted molar refractivity (Wildman–Crippen MR) is 87.2 cm³/mol. The van der Waals surface area contributed by atoms with Gasteiger partial charge in [0.1, 0.15) is 0 Å². The normalized spacial score (nSPS) is 14.1. The van der Waals surface area contributed by atoms with E-state index in [2.05, 4.69) is 36.9 Å². The van der Waals surface area contributed by atoms with Crippen LogP contribution < -0.4 is 5.76 Å². The lowest BCUT2D eigenvalue weighted by molar-refractivity contribution is 0.388. The number of benzene rings is 1. The number of aromatic nitrogens is 3. The van der Waals surface area contributed by atoms with E-state index in [9.17, 15) is 4.79 Å². The Balaban J connectivity index is 1.57. The van der Waals surface area contributed by atoms with E-state index in [1.165, 1.54) is 25.0 Å². The molecule has 0 atom stereocenters. The molecule has 0 bridgehead atoms. The number of H-pyrrole nitrogens is 1. The van der Waals surface area contributed by atoms with E-state index in [1.54, 1.807) is 11.3 Å². The zero-order chi connectivity index (χ0) is 15.6. The van der Waals surface area contributed by atoms with Gasteiger partial charge >= 0.3 is 5.76 Å². The number of nitrogens with zero attached hydrogens (tertiary/aromatic N) is 2. The Morgan fingerprint density at radius 1 is 1.30 bits per heavy atom. The number of aromatic amines is 1. The minimum atomic E-state index is -0.567. The second-order valence-corrected chi connectivity index (χ2v) is 6.34. The monoisotopic (exact) mass is 323 g/mol. The molecule has 4 rings (SSSR count). The van der Waals surface area contributed by atoms with Crippen molar-refractivity contribution in [2.75, 3.05) is 0 Å². The number of hydrogen-bond acceptors (Lipinski definition) is 5. The molecule has 0 radical (unpaired) electrons. The maximum absolute atomic E-state index is 11.0. The molecule has 1 aromatic carbocycles. The van der Waals surface area contributed by atoms with E-state index >= 15 is 0 Å². The molecule has 1 aliphatic rings. The summed E-state index contributed by atoms with van der Waals surface area (Å²) in [6.07, 6.45) is 3.79. The van der Waals surface area contributed by atoms with Gasteiger partial charge < -0.3 is 0 Å². The van der Waals surface area contributed by atoms with Crippen LogP contribution in [0, 0.1) is 11.8 Å². The zero-order valence-electron chi connectivity index (χ0n) is 12.2. The van der Waals surface area contributed by atoms with Gasteiger partial charge in [0.2, 0.25) is 0 Å². The summed E-state index contributed by atoms with van der Waals surface area (Å²) < 4.78 is 4.52. The molecule has 1 fully saturated rings. The third-order valence-electron chi connectivity index (χ3n) is 3.94. The predicted octanol–water partition coefficient (Wildman–Crippen LogP) is 3.15. The van der Waals surface area contributed by atoms with Crippen molar-refractivity contribution in [3.8, 4) is 23.2 Å². The second-order valence-electron chi connectivity index (χ2n) is 5.48. The fraction of sp³-hybridized carbons (Fsp3) is 0.235. The number of nitrogens with one attached hydrogen (secondary N) is 1. The van der Waals surface area contributed by atoms with Gasteiger partial charge in [-0.05, 0) is 30.9 Å². The lowest BCUT2D eigenvalue weighted by atomic mass is 9.83. The maximum Gasteiger partial charge on any atom is 0.439 e. The van der Waals surface area contributed by atoms with Gasteiger partial charge in [0.05, 0.1) is 5.69 Å². The largest absolute Gasteiger partial charge is 0.439 e. The topological polar surface area (TPSA) is 71.8 Å². The first-order valence-corrected chi connectivity index (χ1v) is 8.30. The Bertz CT molecular complexity index is 954. The van der Waals surface area contributed by atoms with Crippen LogP contribution in [-0.2, 0) is 0 Å². The van der Waals surface area contributed by atoms with Crippen molar-refractivity contribution in [1.82, 2.24) is 15.1 Å². The van der Waals surface area contributed by atoms with Crippen LogP contribution >= 0.6 is 11.3 Å². The Morgan fingerprint density at radius 2 is 2.22 bits per heavy atom. The molecular weight excluding hydrogens is 310 g/mol. The van der Waals surface area contributed by atoms with Gasteiger partial charge in [-0.3, -0.25) is 9.51 Å². The summed E-state index contributed by atoms with van der Waals surface area (Å²) in [5.41, 5.74) is 2.78. The Morgan fingerprint density at radius 3 is 2.96 bits per heavy atom. The van der Waals surface area contributed by atoms with E-state index in [4.69, 9.17) is 0 Å². The van der Waals surface area contributed by atoms with Crippen molar-refractivity contribution in [2.45, 2.75) is 25.2 Å². The molecule has 1 aliphatic carbocycles. The molecule has 1 N–H and O–H groups in total. The molecule has 1 saturated carbocycles. The SMILES string of the molecule is O=c1[nH]c(-c2cccc(C#Cc3nc(C4CCC4)cs3)c2)no1. The zero-order valence-corrected chi connectivity index (χ0v) is 13.0. The van der Waals surface area contributed by atoms with Crippen molar-refractivity contribution in [1.29, 1.82) is 0 Å². The fourth-order valence-electron chi connectivity index (χ4n) is 2.46. The third kappa shape index (κ3) is 2.96. The highest BCUT2D eigenvalue weighted by Crippen LogP contribution is 2.36. The smallest absolute Gasteiger partial charge is 0.296 e. The molecule has 0 unspecified atom stereocenters. The molecule has 0 amide bonds. The third-order valence-corrected chi connectivity index (χ3v) is 4.71. The van der Waals surface area contributed by atoms with Gasteiger partial charge in [-0.1, -0.05) is 29.6 Å². The van der Waals surface area contributed by atoms with E-state index in [1.807, 2.05) is 24.3 Å². The molecule has 114 valence electrons. The molecule has 0 saturated heterocycles. The van der Waals surface area contributed by atoms with E-state index < -0.39 is 5.76 Å². The average Bonchev–Trinajstić information content (AvgIpc) is 3.13. The van der Waals surface area contributed by atoms with Crippen LogP contribution in [0.15, 0.2) is 39.0 Å². The van der Waals surface area contributed by atoms with E-state index in [0.29, 0.717) is 11.7 Å². The van der Waals surface area contributed by atoms with Gasteiger partial charge in [0.15, 0.2) is 10.8 Å². The first-order valence-electron chi connectivity index (χ1n) is 7.42. The average molecular weight is 323 g/mol. The first kappa shape index (κ1) is 14.0. The standard InChI is InChI=1S/C17H13N3O2S/c21-17-19-16(20-22-17)13-6-1-3-11(9-13)7-8-15-18-14(10-23-15)12-4-2-5-12/h1,3,6,9-10,12H,2,4-5H2,(H,19,20,21). The highest BCUT2D eigenvalue weighted by molar-refractivity contribution is 7.10. The van der Waals surface area contributed by atoms with Crippen LogP contribution in [0.25, 0.3) is 11.4 Å². The van der Waals surface area contributed by atoms with Crippen LogP contribution in [0.1, 0.15) is 41.4 Å². The molecule has 6 heteroatoms. The van der Waals surface area contributed by atoms with Gasteiger partial charge in [0, 0.05) is 22.4 Å². The fourth-order valence-corrected chi connectivity index (χ4v) is 3.20. The first-order chi connectivity index (χ1) is 11.3. The minimum Gasteiger partial charge on any atom is -0.296 e. The Labute approximate surface area is 136 Å². The van der Waals surface area contributed by atoms with Gasteiger partial charge in [0.25, 0.3) is 0 Å². The minimum absolute atomic E-state index is 0.403. The highest BCUT2D eigenvalue weighted by Gasteiger charge is 2.21. The summed E-state index contributed by atoms with van der Waals surface area (Å²) in [6, 6.07) is 7.49. The summed E-state index contributed by atoms with van der Waals surface area (Å²) in [4.78, 5) is 18.2. The summed E-state index contributed by atoms with van der Waals surface area (Å²) in [6.45, 7) is 0. The van der Waals surface area contributed by atoms with Crippen LogP contribution in [0.4, 0.5) is 0 Å². The Kier molecular flexibility index (Phi) is 3.56. The quantitative estimate of drug-likeness (QED) is 0.735. The van der Waals surface area contributed by atoms with Crippen molar-refractivity contribution in [3.63, 3.8) is 0 Å². The molecule has 0 aliphatic heterocycles. The number of thiazole rings is 1. The Hall–Kier alpha value is -2.65. The van der Waals surface area contributed by atoms with Crippen molar-refractivity contribution >= 4 is 11.3 Å². The summed E-state index contributed by atoms with van der Waals surface area (Å²) in [5.74, 6) is 6.69. The van der Waals surface area contributed by atoms with E-state index in [-0.39, 0.29) is 0 Å². The van der Waals surface area contributed by atoms with Gasteiger partial charge in [-0.15, -0.1) is 11.3 Å². The number of hydrogen-bond donors (Lipinski definition) is 1.